The Hall–Kier alpha value is -2.84. The molecule has 1 heterocycles. The van der Waals surface area contributed by atoms with Gasteiger partial charge in [0.25, 0.3) is 0 Å². The number of ether oxygens (including phenoxy) is 4. The molecule has 1 unspecified atom stereocenters. The van der Waals surface area contributed by atoms with Crippen molar-refractivity contribution in [3.63, 3.8) is 0 Å². The Morgan fingerprint density at radius 1 is 0.967 bits per heavy atom. The molecule has 1 saturated heterocycles. The van der Waals surface area contributed by atoms with Crippen molar-refractivity contribution in [3.05, 3.63) is 36.4 Å². The standard InChI is InChI=1S/C22H31N3O5/c1-27-20-12-17(13-21(28-2)22(20)29-3)30-15-16(26)14-24-8-10-25(11-9-24)19-7-5-4-6-18(19)23/h4-7,12-13,16,26H,8-11,14-15,23H2,1-3H3. The summed E-state index contributed by atoms with van der Waals surface area (Å²) in [6.45, 7) is 4.17. The van der Waals surface area contributed by atoms with Crippen LogP contribution in [-0.2, 0) is 0 Å². The minimum atomic E-state index is -0.613. The molecule has 8 nitrogen and oxygen atoms in total. The molecule has 30 heavy (non-hydrogen) atoms. The highest BCUT2D eigenvalue weighted by atomic mass is 16.5. The molecule has 1 atom stereocenters. The summed E-state index contributed by atoms with van der Waals surface area (Å²) in [6.07, 6.45) is -0.613. The summed E-state index contributed by atoms with van der Waals surface area (Å²) in [6, 6.07) is 11.4. The Labute approximate surface area is 177 Å². The first-order valence-electron chi connectivity index (χ1n) is 9.98. The molecule has 0 amide bonds. The van der Waals surface area contributed by atoms with Gasteiger partial charge in [-0.2, -0.15) is 0 Å². The summed E-state index contributed by atoms with van der Waals surface area (Å²) in [4.78, 5) is 4.52. The number of rotatable bonds is 9. The van der Waals surface area contributed by atoms with Gasteiger partial charge in [0.15, 0.2) is 11.5 Å². The van der Waals surface area contributed by atoms with Crippen molar-refractivity contribution in [1.82, 2.24) is 4.90 Å². The fourth-order valence-corrected chi connectivity index (χ4v) is 3.63. The van der Waals surface area contributed by atoms with E-state index >= 15 is 0 Å². The predicted octanol–water partition coefficient (Wildman–Crippen LogP) is 1.86. The van der Waals surface area contributed by atoms with Crippen molar-refractivity contribution in [2.75, 3.05) is 71.3 Å². The monoisotopic (exact) mass is 417 g/mol. The number of benzene rings is 2. The van der Waals surface area contributed by atoms with Crippen LogP contribution in [0.1, 0.15) is 0 Å². The third-order valence-corrected chi connectivity index (χ3v) is 5.20. The molecule has 1 aliphatic heterocycles. The lowest BCUT2D eigenvalue weighted by molar-refractivity contribution is 0.0661. The topological polar surface area (TPSA) is 89.7 Å². The van der Waals surface area contributed by atoms with Crippen molar-refractivity contribution < 1.29 is 24.1 Å². The normalized spacial score (nSPS) is 15.5. The zero-order valence-corrected chi connectivity index (χ0v) is 17.8. The second-order valence-corrected chi connectivity index (χ2v) is 7.17. The number of nitrogen functional groups attached to an aromatic ring is 1. The number of para-hydroxylation sites is 2. The predicted molar refractivity (Wildman–Crippen MR) is 117 cm³/mol. The van der Waals surface area contributed by atoms with Gasteiger partial charge in [-0.1, -0.05) is 12.1 Å². The highest BCUT2D eigenvalue weighted by molar-refractivity contribution is 5.67. The van der Waals surface area contributed by atoms with Crippen LogP contribution in [0.3, 0.4) is 0 Å². The van der Waals surface area contributed by atoms with Gasteiger partial charge in [-0.15, -0.1) is 0 Å². The van der Waals surface area contributed by atoms with Gasteiger partial charge in [0.05, 0.1) is 32.7 Å². The summed E-state index contributed by atoms with van der Waals surface area (Å²) >= 11 is 0. The number of methoxy groups -OCH3 is 3. The summed E-state index contributed by atoms with van der Waals surface area (Å²) in [5.41, 5.74) is 7.95. The molecule has 0 aliphatic carbocycles. The van der Waals surface area contributed by atoms with E-state index in [0.717, 1.165) is 37.6 Å². The number of aliphatic hydroxyl groups is 1. The summed E-state index contributed by atoms with van der Waals surface area (Å²) in [7, 11) is 4.66. The van der Waals surface area contributed by atoms with Crippen molar-refractivity contribution in [2.24, 2.45) is 0 Å². The largest absolute Gasteiger partial charge is 0.493 e. The minimum Gasteiger partial charge on any atom is -0.493 e. The molecule has 0 radical (unpaired) electrons. The van der Waals surface area contributed by atoms with Crippen LogP contribution in [0.4, 0.5) is 11.4 Å². The number of hydrogen-bond donors (Lipinski definition) is 2. The Morgan fingerprint density at radius 2 is 1.60 bits per heavy atom. The third-order valence-electron chi connectivity index (χ3n) is 5.20. The lowest BCUT2D eigenvalue weighted by Crippen LogP contribution is -2.49. The first kappa shape index (κ1) is 21.9. The maximum Gasteiger partial charge on any atom is 0.203 e. The molecule has 2 aromatic carbocycles. The van der Waals surface area contributed by atoms with E-state index in [1.54, 1.807) is 33.5 Å². The van der Waals surface area contributed by atoms with Crippen molar-refractivity contribution in [2.45, 2.75) is 6.10 Å². The Bertz CT molecular complexity index is 799. The molecular formula is C22H31N3O5. The highest BCUT2D eigenvalue weighted by Crippen LogP contribution is 2.40. The van der Waals surface area contributed by atoms with E-state index in [-0.39, 0.29) is 6.61 Å². The molecule has 1 aliphatic rings. The van der Waals surface area contributed by atoms with Gasteiger partial charge in [0.2, 0.25) is 5.75 Å². The van der Waals surface area contributed by atoms with Crippen LogP contribution >= 0.6 is 0 Å². The van der Waals surface area contributed by atoms with E-state index in [0.29, 0.717) is 29.5 Å². The van der Waals surface area contributed by atoms with Crippen molar-refractivity contribution >= 4 is 11.4 Å². The second kappa shape index (κ2) is 10.3. The van der Waals surface area contributed by atoms with E-state index in [1.807, 2.05) is 24.3 Å². The van der Waals surface area contributed by atoms with Crippen LogP contribution in [0.25, 0.3) is 0 Å². The average molecular weight is 418 g/mol. The van der Waals surface area contributed by atoms with Gasteiger partial charge in [0, 0.05) is 44.9 Å². The maximum absolute atomic E-state index is 10.5. The van der Waals surface area contributed by atoms with Crippen LogP contribution in [0.5, 0.6) is 23.0 Å². The number of β-amino-alcohol motifs (C(OH)–C–C–N with tert-alkyl or cyclic N) is 1. The lowest BCUT2D eigenvalue weighted by Gasteiger charge is -2.37. The zero-order valence-electron chi connectivity index (χ0n) is 17.8. The number of hydrogen-bond acceptors (Lipinski definition) is 8. The fourth-order valence-electron chi connectivity index (χ4n) is 3.63. The van der Waals surface area contributed by atoms with E-state index < -0.39 is 6.10 Å². The van der Waals surface area contributed by atoms with E-state index in [9.17, 15) is 5.11 Å². The SMILES string of the molecule is COc1cc(OCC(O)CN2CCN(c3ccccc3N)CC2)cc(OC)c1OC. The molecule has 0 aromatic heterocycles. The number of aliphatic hydroxyl groups excluding tert-OH is 1. The lowest BCUT2D eigenvalue weighted by atomic mass is 10.2. The van der Waals surface area contributed by atoms with Crippen LogP contribution in [-0.4, -0.2) is 76.8 Å². The highest BCUT2D eigenvalue weighted by Gasteiger charge is 2.21. The molecular weight excluding hydrogens is 386 g/mol. The quantitative estimate of drug-likeness (QED) is 0.598. The Kier molecular flexibility index (Phi) is 7.48. The molecule has 0 spiro atoms. The fraction of sp³-hybridized carbons (Fsp3) is 0.455. The second-order valence-electron chi connectivity index (χ2n) is 7.17. The van der Waals surface area contributed by atoms with Crippen LogP contribution in [0.15, 0.2) is 36.4 Å². The van der Waals surface area contributed by atoms with E-state index in [2.05, 4.69) is 9.80 Å². The molecule has 3 rings (SSSR count). The molecule has 1 fully saturated rings. The minimum absolute atomic E-state index is 0.171. The van der Waals surface area contributed by atoms with Gasteiger partial charge in [-0.25, -0.2) is 0 Å². The van der Waals surface area contributed by atoms with Crippen LogP contribution < -0.4 is 29.6 Å². The van der Waals surface area contributed by atoms with Crippen molar-refractivity contribution in [1.29, 1.82) is 0 Å². The Balaban J connectivity index is 1.50. The van der Waals surface area contributed by atoms with Crippen LogP contribution in [0.2, 0.25) is 0 Å². The maximum atomic E-state index is 10.5. The number of anilines is 2. The van der Waals surface area contributed by atoms with Crippen LogP contribution in [0, 0.1) is 0 Å². The molecule has 8 heteroatoms. The molecule has 2 aromatic rings. The van der Waals surface area contributed by atoms with E-state index in [1.165, 1.54) is 0 Å². The average Bonchev–Trinajstić information content (AvgIpc) is 2.77. The number of piperazine rings is 1. The number of nitrogens with zero attached hydrogens (tertiary/aromatic N) is 2. The summed E-state index contributed by atoms with van der Waals surface area (Å²) in [5.74, 6) is 2.08. The Morgan fingerprint density at radius 3 is 2.17 bits per heavy atom. The molecule has 0 saturated carbocycles. The van der Waals surface area contributed by atoms with Gasteiger partial charge in [-0.05, 0) is 12.1 Å². The van der Waals surface area contributed by atoms with Gasteiger partial charge in [0.1, 0.15) is 18.5 Å². The smallest absolute Gasteiger partial charge is 0.203 e. The first-order chi connectivity index (χ1) is 14.5. The van der Waals surface area contributed by atoms with E-state index in [4.69, 9.17) is 24.7 Å². The van der Waals surface area contributed by atoms with Crippen molar-refractivity contribution in [3.8, 4) is 23.0 Å². The van der Waals surface area contributed by atoms with Gasteiger partial charge < -0.3 is 34.7 Å². The zero-order chi connectivity index (χ0) is 21.5. The van der Waals surface area contributed by atoms with Gasteiger partial charge >= 0.3 is 0 Å². The third kappa shape index (κ3) is 5.20. The molecule has 164 valence electrons. The van der Waals surface area contributed by atoms with Gasteiger partial charge in [-0.3, -0.25) is 4.90 Å². The summed E-state index contributed by atoms with van der Waals surface area (Å²) in [5, 5.41) is 10.5. The molecule has 3 N–H and O–H groups in total. The summed E-state index contributed by atoms with van der Waals surface area (Å²) < 4.78 is 21.8. The molecule has 0 bridgehead atoms. The first-order valence-corrected chi connectivity index (χ1v) is 9.98. The number of nitrogens with two attached hydrogens (primary N) is 1.